The monoisotopic (exact) mass is 538 g/mol. The number of nitrogens with one attached hydrogen (secondary N) is 3. The Morgan fingerprint density at radius 3 is 2.41 bits per heavy atom. The van der Waals surface area contributed by atoms with Gasteiger partial charge in [0, 0.05) is 30.4 Å². The number of carbonyl (C=O) groups is 1. The van der Waals surface area contributed by atoms with Crippen molar-refractivity contribution in [3.63, 3.8) is 0 Å². The van der Waals surface area contributed by atoms with Gasteiger partial charge in [-0.05, 0) is 51.3 Å². The Labute approximate surface area is 192 Å². The number of hydrogen-bond acceptors (Lipinski definition) is 4. The van der Waals surface area contributed by atoms with E-state index < -0.39 is 9.84 Å². The topological polar surface area (TPSA) is 99.7 Å². The lowest BCUT2D eigenvalue weighted by molar-refractivity contribution is 0.0939. The Hall–Kier alpha value is -1.36. The van der Waals surface area contributed by atoms with Crippen molar-refractivity contribution in [3.05, 3.63) is 35.4 Å². The average Bonchev–Trinajstić information content (AvgIpc) is 2.64. The van der Waals surface area contributed by atoms with Gasteiger partial charge < -0.3 is 16.0 Å². The molecule has 166 valence electrons. The van der Waals surface area contributed by atoms with Crippen molar-refractivity contribution in [2.75, 3.05) is 18.6 Å². The highest BCUT2D eigenvalue weighted by atomic mass is 127. The van der Waals surface area contributed by atoms with E-state index in [1.165, 1.54) is 6.26 Å². The van der Waals surface area contributed by atoms with E-state index in [0.29, 0.717) is 31.0 Å². The number of hydrogen-bond donors (Lipinski definition) is 3. The molecule has 0 heterocycles. The minimum Gasteiger partial charge on any atom is -0.357 e. The second-order valence-electron chi connectivity index (χ2n) is 7.14. The van der Waals surface area contributed by atoms with Crippen molar-refractivity contribution in [1.82, 2.24) is 16.0 Å². The summed E-state index contributed by atoms with van der Waals surface area (Å²) in [6.07, 6.45) is 2.63. The van der Waals surface area contributed by atoms with Crippen LogP contribution in [-0.2, 0) is 16.4 Å². The van der Waals surface area contributed by atoms with Gasteiger partial charge in [0.05, 0.1) is 12.3 Å². The summed E-state index contributed by atoms with van der Waals surface area (Å²) < 4.78 is 22.6. The van der Waals surface area contributed by atoms with Gasteiger partial charge in [0.25, 0.3) is 5.91 Å². The summed E-state index contributed by atoms with van der Waals surface area (Å²) in [5.74, 6) is 0.672. The fraction of sp³-hybridized carbons (Fsp3) is 0.600. The van der Waals surface area contributed by atoms with Gasteiger partial charge in [0.1, 0.15) is 9.84 Å². The van der Waals surface area contributed by atoms with Crippen molar-refractivity contribution >= 4 is 45.7 Å². The van der Waals surface area contributed by atoms with E-state index in [4.69, 9.17) is 0 Å². The van der Waals surface area contributed by atoms with Crippen molar-refractivity contribution in [2.24, 2.45) is 4.99 Å². The van der Waals surface area contributed by atoms with Crippen LogP contribution in [-0.4, -0.2) is 50.9 Å². The van der Waals surface area contributed by atoms with E-state index in [2.05, 4.69) is 20.9 Å². The predicted octanol–water partition coefficient (Wildman–Crippen LogP) is 2.71. The number of aliphatic imine (C=N–C) groups is 1. The lowest BCUT2D eigenvalue weighted by atomic mass is 10.1. The maximum absolute atomic E-state index is 12.3. The Morgan fingerprint density at radius 1 is 1.14 bits per heavy atom. The number of nitrogens with zero attached hydrogens (tertiary/aromatic N) is 1. The van der Waals surface area contributed by atoms with Crippen LogP contribution in [0.25, 0.3) is 0 Å². The molecule has 0 saturated carbocycles. The molecule has 7 nitrogen and oxygen atoms in total. The molecular weight excluding hydrogens is 503 g/mol. The molecule has 2 atom stereocenters. The smallest absolute Gasteiger partial charge is 0.251 e. The highest BCUT2D eigenvalue weighted by Gasteiger charge is 2.11. The van der Waals surface area contributed by atoms with E-state index >= 15 is 0 Å². The fourth-order valence-corrected chi connectivity index (χ4v) is 3.19. The number of carbonyl (C=O) groups excluding carboxylic acids is 1. The van der Waals surface area contributed by atoms with Gasteiger partial charge in [-0.3, -0.25) is 4.79 Å². The first-order valence-electron chi connectivity index (χ1n) is 9.77. The van der Waals surface area contributed by atoms with E-state index in [9.17, 15) is 13.2 Å². The lowest BCUT2D eigenvalue weighted by Gasteiger charge is -2.17. The zero-order valence-electron chi connectivity index (χ0n) is 18.0. The molecule has 0 aromatic heterocycles. The standard InChI is InChI=1S/C20H34N4O3S.HI/c1-6-15(3)23-19(25)18-10-8-9-17(13-18)14-22-20(21-7-2)24-16(4)11-12-28(5,26)27;/h8-10,13,15-16H,6-7,11-12,14H2,1-5H3,(H,23,25)(H2,21,22,24);1H. The number of amides is 1. The zero-order chi connectivity index (χ0) is 21.2. The first-order chi connectivity index (χ1) is 13.1. The molecule has 0 fully saturated rings. The summed E-state index contributed by atoms with van der Waals surface area (Å²) in [5.41, 5.74) is 1.55. The molecule has 2 unspecified atom stereocenters. The molecule has 0 saturated heterocycles. The van der Waals surface area contributed by atoms with Crippen molar-refractivity contribution in [2.45, 2.75) is 59.2 Å². The summed E-state index contributed by atoms with van der Waals surface area (Å²) in [7, 11) is -2.98. The second-order valence-corrected chi connectivity index (χ2v) is 9.40. The summed E-state index contributed by atoms with van der Waals surface area (Å²) >= 11 is 0. The number of benzene rings is 1. The largest absolute Gasteiger partial charge is 0.357 e. The summed E-state index contributed by atoms with van der Waals surface area (Å²) in [6, 6.07) is 7.53. The third kappa shape index (κ3) is 12.0. The quantitative estimate of drug-likeness (QED) is 0.242. The maximum atomic E-state index is 12.3. The molecule has 0 radical (unpaired) electrons. The maximum Gasteiger partial charge on any atom is 0.251 e. The summed E-state index contributed by atoms with van der Waals surface area (Å²) in [6.45, 7) is 9.02. The van der Waals surface area contributed by atoms with Gasteiger partial charge in [-0.1, -0.05) is 19.1 Å². The molecule has 29 heavy (non-hydrogen) atoms. The molecule has 0 aliphatic carbocycles. The molecule has 0 aliphatic heterocycles. The highest BCUT2D eigenvalue weighted by molar-refractivity contribution is 14.0. The van der Waals surface area contributed by atoms with Crippen LogP contribution in [0.15, 0.2) is 29.3 Å². The molecule has 1 aromatic carbocycles. The van der Waals surface area contributed by atoms with Gasteiger partial charge in [0.15, 0.2) is 5.96 Å². The van der Waals surface area contributed by atoms with Crippen molar-refractivity contribution < 1.29 is 13.2 Å². The van der Waals surface area contributed by atoms with E-state index in [1.54, 1.807) is 6.07 Å². The zero-order valence-corrected chi connectivity index (χ0v) is 21.1. The van der Waals surface area contributed by atoms with Crippen LogP contribution in [0.2, 0.25) is 0 Å². The van der Waals surface area contributed by atoms with Crippen LogP contribution < -0.4 is 16.0 Å². The van der Waals surface area contributed by atoms with Gasteiger partial charge in [-0.2, -0.15) is 0 Å². The molecular formula is C20H35IN4O3S. The van der Waals surface area contributed by atoms with Crippen LogP contribution in [0, 0.1) is 0 Å². The van der Waals surface area contributed by atoms with Crippen LogP contribution in [0.5, 0.6) is 0 Å². The van der Waals surface area contributed by atoms with E-state index in [0.717, 1.165) is 12.0 Å². The van der Waals surface area contributed by atoms with E-state index in [-0.39, 0.29) is 47.7 Å². The average molecular weight is 538 g/mol. The predicted molar refractivity (Wildman–Crippen MR) is 131 cm³/mol. The highest BCUT2D eigenvalue weighted by Crippen LogP contribution is 2.08. The molecule has 3 N–H and O–H groups in total. The normalized spacial score (nSPS) is 13.8. The number of rotatable bonds is 10. The van der Waals surface area contributed by atoms with Gasteiger partial charge in [-0.15, -0.1) is 24.0 Å². The Bertz CT molecular complexity index is 769. The number of halogens is 1. The van der Waals surface area contributed by atoms with E-state index in [1.807, 2.05) is 45.9 Å². The molecule has 9 heteroatoms. The number of guanidine groups is 1. The minimum atomic E-state index is -2.98. The van der Waals surface area contributed by atoms with Crippen LogP contribution >= 0.6 is 24.0 Å². The van der Waals surface area contributed by atoms with Crippen LogP contribution in [0.3, 0.4) is 0 Å². The minimum absolute atomic E-state index is 0. The third-order valence-electron chi connectivity index (χ3n) is 4.25. The number of sulfone groups is 1. The van der Waals surface area contributed by atoms with Crippen LogP contribution in [0.4, 0.5) is 0 Å². The fourth-order valence-electron chi connectivity index (χ4n) is 2.41. The summed E-state index contributed by atoms with van der Waals surface area (Å²) in [5, 5.41) is 9.35. The second kappa shape index (κ2) is 13.8. The Balaban J connectivity index is 0.00000784. The molecule has 0 bridgehead atoms. The first-order valence-corrected chi connectivity index (χ1v) is 11.8. The molecule has 0 aliphatic rings. The molecule has 0 spiro atoms. The molecule has 1 amide bonds. The van der Waals surface area contributed by atoms with Crippen molar-refractivity contribution in [3.8, 4) is 0 Å². The van der Waals surface area contributed by atoms with Crippen LogP contribution in [0.1, 0.15) is 56.5 Å². The Kier molecular flexibility index (Phi) is 13.1. The molecule has 1 aromatic rings. The first kappa shape index (κ1) is 27.6. The van der Waals surface area contributed by atoms with Crippen molar-refractivity contribution in [1.29, 1.82) is 0 Å². The SMILES string of the molecule is CCNC(=NCc1cccc(C(=O)NC(C)CC)c1)NC(C)CCS(C)(=O)=O.I. The summed E-state index contributed by atoms with van der Waals surface area (Å²) in [4.78, 5) is 16.8. The molecule has 1 rings (SSSR count). The third-order valence-corrected chi connectivity index (χ3v) is 5.23. The van der Waals surface area contributed by atoms with Gasteiger partial charge >= 0.3 is 0 Å². The Morgan fingerprint density at radius 2 is 1.83 bits per heavy atom. The van der Waals surface area contributed by atoms with Gasteiger partial charge in [0.2, 0.25) is 0 Å². The van der Waals surface area contributed by atoms with Gasteiger partial charge in [-0.25, -0.2) is 13.4 Å². The lowest BCUT2D eigenvalue weighted by Crippen LogP contribution is -2.42.